The fraction of sp³-hybridized carbons (Fsp3) is 0.615. The molecule has 6 nitrogen and oxygen atoms in total. The average Bonchev–Trinajstić information content (AvgIpc) is 2.79. The highest BCUT2D eigenvalue weighted by Crippen LogP contribution is 2.24. The van der Waals surface area contributed by atoms with Crippen molar-refractivity contribution in [3.05, 3.63) is 11.3 Å². The Bertz CT molecular complexity index is 460. The van der Waals surface area contributed by atoms with Crippen LogP contribution in [0.1, 0.15) is 48.7 Å². The first-order chi connectivity index (χ1) is 9.60. The van der Waals surface area contributed by atoms with Crippen molar-refractivity contribution >= 4 is 28.5 Å². The number of nitrogens with one attached hydrogen (secondary N) is 2. The van der Waals surface area contributed by atoms with Crippen LogP contribution in [-0.4, -0.2) is 30.0 Å². The molecule has 112 valence electrons. The highest BCUT2D eigenvalue weighted by atomic mass is 32.1. The third-order valence-electron chi connectivity index (χ3n) is 2.81. The highest BCUT2D eigenvalue weighted by molar-refractivity contribution is 7.11. The summed E-state index contributed by atoms with van der Waals surface area (Å²) in [6.45, 7) is 4.51. The zero-order valence-corrected chi connectivity index (χ0v) is 12.9. The van der Waals surface area contributed by atoms with E-state index < -0.39 is 6.09 Å². The van der Waals surface area contributed by atoms with Crippen LogP contribution in [0.5, 0.6) is 0 Å². The molecule has 1 rings (SSSR count). The number of nitrogens with zero attached hydrogens (tertiary/aromatic N) is 1. The Morgan fingerprint density at radius 2 is 2.05 bits per heavy atom. The van der Waals surface area contributed by atoms with Gasteiger partial charge in [0, 0.05) is 6.54 Å². The summed E-state index contributed by atoms with van der Waals surface area (Å²) in [6, 6.07) is 0. The summed E-state index contributed by atoms with van der Waals surface area (Å²) in [6.07, 6.45) is 3.78. The molecule has 2 amide bonds. The van der Waals surface area contributed by atoms with Crippen molar-refractivity contribution < 1.29 is 14.3 Å². The van der Waals surface area contributed by atoms with E-state index in [1.165, 1.54) is 13.5 Å². The maximum Gasteiger partial charge on any atom is 0.412 e. The number of amides is 2. The zero-order chi connectivity index (χ0) is 15.0. The van der Waals surface area contributed by atoms with Crippen LogP contribution >= 0.6 is 11.5 Å². The van der Waals surface area contributed by atoms with Crippen molar-refractivity contribution in [1.82, 2.24) is 9.69 Å². The lowest BCUT2D eigenvalue weighted by atomic mass is 10.2. The summed E-state index contributed by atoms with van der Waals surface area (Å²) in [5.41, 5.74) is 1.02. The van der Waals surface area contributed by atoms with E-state index in [2.05, 4.69) is 26.7 Å². The minimum atomic E-state index is -0.606. The number of methoxy groups -OCH3 is 1. The van der Waals surface area contributed by atoms with Gasteiger partial charge in [0.1, 0.15) is 5.00 Å². The number of ether oxygens (including phenoxy) is 1. The predicted molar refractivity (Wildman–Crippen MR) is 79.4 cm³/mol. The molecule has 1 aromatic heterocycles. The SMILES string of the molecule is CCCCCCNC(=O)c1c(C)nsc1NC(=O)OC. The first-order valence-electron chi connectivity index (χ1n) is 6.69. The molecule has 0 fully saturated rings. The minimum absolute atomic E-state index is 0.209. The second-order valence-electron chi connectivity index (χ2n) is 4.41. The molecule has 0 spiro atoms. The number of hydrogen-bond donors (Lipinski definition) is 2. The predicted octanol–water partition coefficient (Wildman–Crippen LogP) is 2.94. The Morgan fingerprint density at radius 3 is 2.70 bits per heavy atom. The van der Waals surface area contributed by atoms with Crippen molar-refractivity contribution in [3.63, 3.8) is 0 Å². The summed E-state index contributed by atoms with van der Waals surface area (Å²) in [5.74, 6) is -0.209. The van der Waals surface area contributed by atoms with Gasteiger partial charge >= 0.3 is 6.09 Å². The van der Waals surface area contributed by atoms with Crippen LogP contribution in [-0.2, 0) is 4.74 Å². The van der Waals surface area contributed by atoms with Gasteiger partial charge in [-0.3, -0.25) is 10.1 Å². The maximum atomic E-state index is 12.1. The van der Waals surface area contributed by atoms with Crippen LogP contribution in [0.2, 0.25) is 0 Å². The molecule has 7 heteroatoms. The standard InChI is InChI=1S/C13H21N3O3S/c1-4-5-6-7-8-14-11(17)10-9(2)16-20-12(10)15-13(18)19-3/h4-8H2,1-3H3,(H,14,17)(H,15,18). The number of aryl methyl sites for hydroxylation is 1. The number of aromatic nitrogens is 1. The second-order valence-corrected chi connectivity index (χ2v) is 5.18. The third kappa shape index (κ3) is 4.80. The lowest BCUT2D eigenvalue weighted by Gasteiger charge is -2.07. The smallest absolute Gasteiger partial charge is 0.412 e. The summed E-state index contributed by atoms with van der Waals surface area (Å²) < 4.78 is 8.61. The number of carbonyl (C=O) groups is 2. The topological polar surface area (TPSA) is 80.3 Å². The van der Waals surface area contributed by atoms with Crippen LogP contribution < -0.4 is 10.6 Å². The molecule has 0 aromatic carbocycles. The Morgan fingerprint density at radius 1 is 1.30 bits per heavy atom. The Labute approximate surface area is 123 Å². The number of unbranched alkanes of at least 4 members (excludes halogenated alkanes) is 3. The van der Waals surface area contributed by atoms with Crippen molar-refractivity contribution in [3.8, 4) is 0 Å². The van der Waals surface area contributed by atoms with Crippen LogP contribution in [0.3, 0.4) is 0 Å². The fourth-order valence-electron chi connectivity index (χ4n) is 1.71. The first-order valence-corrected chi connectivity index (χ1v) is 7.46. The Balaban J connectivity index is 2.58. The second kappa shape index (κ2) is 8.52. The van der Waals surface area contributed by atoms with Gasteiger partial charge in [-0.05, 0) is 24.9 Å². The quantitative estimate of drug-likeness (QED) is 0.759. The van der Waals surface area contributed by atoms with E-state index in [1.807, 2.05) is 0 Å². The van der Waals surface area contributed by atoms with E-state index >= 15 is 0 Å². The monoisotopic (exact) mass is 299 g/mol. The van der Waals surface area contributed by atoms with E-state index in [-0.39, 0.29) is 5.91 Å². The third-order valence-corrected chi connectivity index (χ3v) is 3.66. The molecule has 20 heavy (non-hydrogen) atoms. The Hall–Kier alpha value is -1.63. The van der Waals surface area contributed by atoms with E-state index in [0.29, 0.717) is 22.8 Å². The molecule has 0 aliphatic carbocycles. The zero-order valence-electron chi connectivity index (χ0n) is 12.1. The molecule has 0 radical (unpaired) electrons. The average molecular weight is 299 g/mol. The van der Waals surface area contributed by atoms with Gasteiger partial charge in [0.15, 0.2) is 0 Å². The lowest BCUT2D eigenvalue weighted by molar-refractivity contribution is 0.0953. The molecule has 0 saturated heterocycles. The van der Waals surface area contributed by atoms with E-state index in [0.717, 1.165) is 30.8 Å². The Kier molecular flexibility index (Phi) is 7.00. The van der Waals surface area contributed by atoms with Gasteiger partial charge in [-0.2, -0.15) is 4.37 Å². The molecule has 0 unspecified atom stereocenters. The molecule has 0 atom stereocenters. The molecule has 1 aromatic rings. The van der Waals surface area contributed by atoms with Crippen LogP contribution in [0.4, 0.5) is 9.80 Å². The van der Waals surface area contributed by atoms with Crippen molar-refractivity contribution in [2.45, 2.75) is 39.5 Å². The molecular weight excluding hydrogens is 278 g/mol. The number of anilines is 1. The molecule has 1 heterocycles. The van der Waals surface area contributed by atoms with Crippen molar-refractivity contribution in [2.75, 3.05) is 19.0 Å². The normalized spacial score (nSPS) is 10.2. The van der Waals surface area contributed by atoms with Crippen LogP contribution in [0, 0.1) is 6.92 Å². The van der Waals surface area contributed by atoms with Gasteiger partial charge < -0.3 is 10.1 Å². The molecule has 2 N–H and O–H groups in total. The van der Waals surface area contributed by atoms with Gasteiger partial charge in [-0.1, -0.05) is 26.2 Å². The summed E-state index contributed by atoms with van der Waals surface area (Å²) >= 11 is 1.07. The molecule has 0 aliphatic heterocycles. The summed E-state index contributed by atoms with van der Waals surface area (Å²) in [4.78, 5) is 23.3. The lowest BCUT2D eigenvalue weighted by Crippen LogP contribution is -2.26. The van der Waals surface area contributed by atoms with Crippen LogP contribution in [0.15, 0.2) is 0 Å². The molecule has 0 saturated carbocycles. The largest absolute Gasteiger partial charge is 0.453 e. The van der Waals surface area contributed by atoms with E-state index in [9.17, 15) is 9.59 Å². The maximum absolute atomic E-state index is 12.1. The highest BCUT2D eigenvalue weighted by Gasteiger charge is 2.19. The van der Waals surface area contributed by atoms with Crippen molar-refractivity contribution in [1.29, 1.82) is 0 Å². The summed E-state index contributed by atoms with van der Waals surface area (Å²) in [5, 5.41) is 5.78. The molecule has 0 bridgehead atoms. The minimum Gasteiger partial charge on any atom is -0.453 e. The molecular formula is C13H21N3O3S. The first kappa shape index (κ1) is 16.4. The van der Waals surface area contributed by atoms with Gasteiger partial charge in [-0.15, -0.1) is 0 Å². The fourth-order valence-corrected chi connectivity index (χ4v) is 2.49. The number of carbonyl (C=O) groups excluding carboxylic acids is 2. The van der Waals surface area contributed by atoms with Gasteiger partial charge in [0.05, 0.1) is 18.4 Å². The van der Waals surface area contributed by atoms with Crippen molar-refractivity contribution in [2.24, 2.45) is 0 Å². The van der Waals surface area contributed by atoms with Gasteiger partial charge in [0.25, 0.3) is 5.91 Å². The van der Waals surface area contributed by atoms with Gasteiger partial charge in [-0.25, -0.2) is 4.79 Å². The number of rotatable bonds is 7. The van der Waals surface area contributed by atoms with Gasteiger partial charge in [0.2, 0.25) is 0 Å². The summed E-state index contributed by atoms with van der Waals surface area (Å²) in [7, 11) is 1.27. The number of hydrogen-bond acceptors (Lipinski definition) is 5. The van der Waals surface area contributed by atoms with E-state index in [1.54, 1.807) is 6.92 Å². The van der Waals surface area contributed by atoms with Crippen LogP contribution in [0.25, 0.3) is 0 Å². The van der Waals surface area contributed by atoms with E-state index in [4.69, 9.17) is 0 Å². The molecule has 0 aliphatic rings.